The van der Waals surface area contributed by atoms with E-state index in [0.29, 0.717) is 12.6 Å². The van der Waals surface area contributed by atoms with E-state index in [2.05, 4.69) is 15.5 Å². The number of benzene rings is 1. The van der Waals surface area contributed by atoms with Gasteiger partial charge in [-0.2, -0.15) is 0 Å². The van der Waals surface area contributed by atoms with Crippen LogP contribution in [0.25, 0.3) is 0 Å². The first-order valence-corrected chi connectivity index (χ1v) is 6.55. The highest BCUT2D eigenvalue weighted by atomic mass is 32.1. The molecular formula is C12H13F2N3OS. The van der Waals surface area contributed by atoms with Crippen LogP contribution in [0.15, 0.2) is 18.2 Å². The zero-order valence-corrected chi connectivity index (χ0v) is 11.3. The Balaban J connectivity index is 2.05. The number of ether oxygens (including phenoxy) is 1. The van der Waals surface area contributed by atoms with E-state index in [9.17, 15) is 8.78 Å². The summed E-state index contributed by atoms with van der Waals surface area (Å²) in [6, 6.07) is 3.34. The molecule has 0 aliphatic rings. The van der Waals surface area contributed by atoms with E-state index in [0.717, 1.165) is 23.2 Å². The van der Waals surface area contributed by atoms with E-state index in [1.54, 1.807) is 0 Å². The van der Waals surface area contributed by atoms with Crippen LogP contribution in [0.5, 0.6) is 10.9 Å². The Labute approximate surface area is 113 Å². The Morgan fingerprint density at radius 1 is 1.32 bits per heavy atom. The molecule has 2 rings (SSSR count). The van der Waals surface area contributed by atoms with Crippen molar-refractivity contribution in [1.82, 2.24) is 15.5 Å². The van der Waals surface area contributed by atoms with Gasteiger partial charge in [0.05, 0.1) is 6.54 Å². The lowest BCUT2D eigenvalue weighted by Gasteiger charge is -2.04. The van der Waals surface area contributed by atoms with Gasteiger partial charge in [0.2, 0.25) is 0 Å². The Hall–Kier alpha value is -1.60. The molecule has 0 spiro atoms. The van der Waals surface area contributed by atoms with Crippen LogP contribution in [-0.2, 0) is 6.54 Å². The monoisotopic (exact) mass is 285 g/mol. The largest absolute Gasteiger partial charge is 0.427 e. The Bertz CT molecular complexity index is 560. The molecule has 0 bridgehead atoms. The number of nitrogens with one attached hydrogen (secondary N) is 1. The molecule has 7 heteroatoms. The lowest BCUT2D eigenvalue weighted by atomic mass is 10.3. The molecule has 0 unspecified atom stereocenters. The van der Waals surface area contributed by atoms with Crippen LogP contribution < -0.4 is 10.1 Å². The second-order valence-corrected chi connectivity index (χ2v) is 5.20. The van der Waals surface area contributed by atoms with Crippen LogP contribution in [0, 0.1) is 11.6 Å². The summed E-state index contributed by atoms with van der Waals surface area (Å²) in [5.74, 6) is -1.40. The fourth-order valence-corrected chi connectivity index (χ4v) is 1.94. The van der Waals surface area contributed by atoms with Crippen molar-refractivity contribution in [3.05, 3.63) is 34.8 Å². The molecule has 4 nitrogen and oxygen atoms in total. The Kier molecular flexibility index (Phi) is 4.39. The Morgan fingerprint density at radius 3 is 2.84 bits per heavy atom. The van der Waals surface area contributed by atoms with Gasteiger partial charge in [-0.25, -0.2) is 8.78 Å². The predicted molar refractivity (Wildman–Crippen MR) is 68.3 cm³/mol. The zero-order valence-electron chi connectivity index (χ0n) is 10.5. The van der Waals surface area contributed by atoms with E-state index < -0.39 is 11.6 Å². The molecular weight excluding hydrogens is 272 g/mol. The maximum atomic E-state index is 13.4. The quantitative estimate of drug-likeness (QED) is 0.917. The van der Waals surface area contributed by atoms with Gasteiger partial charge in [0.25, 0.3) is 5.19 Å². The van der Waals surface area contributed by atoms with Crippen molar-refractivity contribution in [3.63, 3.8) is 0 Å². The van der Waals surface area contributed by atoms with Crippen LogP contribution in [0.4, 0.5) is 8.78 Å². The fraction of sp³-hybridized carbons (Fsp3) is 0.333. The molecule has 0 aliphatic carbocycles. The average Bonchev–Trinajstić information content (AvgIpc) is 2.79. The van der Waals surface area contributed by atoms with Crippen molar-refractivity contribution in [1.29, 1.82) is 0 Å². The van der Waals surface area contributed by atoms with Crippen LogP contribution >= 0.6 is 11.3 Å². The number of halogens is 2. The molecule has 0 saturated heterocycles. The van der Waals surface area contributed by atoms with Crippen molar-refractivity contribution in [3.8, 4) is 10.9 Å². The second-order valence-electron chi connectivity index (χ2n) is 4.17. The SMILES string of the molecule is CC(C)NCc1nnc(Oc2cc(F)ccc2F)s1. The normalized spacial score (nSPS) is 11.0. The van der Waals surface area contributed by atoms with E-state index in [1.165, 1.54) is 11.3 Å². The van der Waals surface area contributed by atoms with E-state index in [-0.39, 0.29) is 10.9 Å². The minimum atomic E-state index is -0.640. The molecule has 0 amide bonds. The Morgan fingerprint density at radius 2 is 2.11 bits per heavy atom. The first kappa shape index (κ1) is 13.8. The predicted octanol–water partition coefficient (Wildman–Crippen LogP) is 3.11. The standard InChI is InChI=1S/C12H13F2N3OS/c1-7(2)15-6-11-16-17-12(19-11)18-10-5-8(13)3-4-9(10)14/h3-5,7,15H,6H2,1-2H3. The van der Waals surface area contributed by atoms with E-state index >= 15 is 0 Å². The molecule has 1 aromatic heterocycles. The average molecular weight is 285 g/mol. The smallest absolute Gasteiger partial charge is 0.299 e. The second kappa shape index (κ2) is 6.03. The van der Waals surface area contributed by atoms with Crippen LogP contribution in [0.1, 0.15) is 18.9 Å². The summed E-state index contributed by atoms with van der Waals surface area (Å²) < 4.78 is 31.5. The summed E-state index contributed by atoms with van der Waals surface area (Å²) in [6.45, 7) is 4.59. The van der Waals surface area contributed by atoms with Gasteiger partial charge in [-0.3, -0.25) is 0 Å². The molecule has 1 aromatic carbocycles. The van der Waals surface area contributed by atoms with E-state index in [1.807, 2.05) is 13.8 Å². The number of nitrogens with zero attached hydrogens (tertiary/aromatic N) is 2. The summed E-state index contributed by atoms with van der Waals surface area (Å²) in [5.41, 5.74) is 0. The molecule has 0 radical (unpaired) electrons. The van der Waals surface area contributed by atoms with Crippen molar-refractivity contribution < 1.29 is 13.5 Å². The van der Waals surface area contributed by atoms with Gasteiger partial charge in [-0.1, -0.05) is 30.3 Å². The summed E-state index contributed by atoms with van der Waals surface area (Å²) in [7, 11) is 0. The van der Waals surface area contributed by atoms with Gasteiger partial charge in [0.15, 0.2) is 11.6 Å². The minimum absolute atomic E-state index is 0.185. The highest BCUT2D eigenvalue weighted by Gasteiger charge is 2.10. The molecule has 0 atom stereocenters. The molecule has 1 N–H and O–H groups in total. The molecule has 102 valence electrons. The molecule has 0 saturated carbocycles. The fourth-order valence-electron chi connectivity index (χ4n) is 1.29. The molecule has 19 heavy (non-hydrogen) atoms. The van der Waals surface area contributed by atoms with Crippen LogP contribution in [-0.4, -0.2) is 16.2 Å². The highest BCUT2D eigenvalue weighted by Crippen LogP contribution is 2.27. The number of hydrogen-bond acceptors (Lipinski definition) is 5. The topological polar surface area (TPSA) is 47.0 Å². The summed E-state index contributed by atoms with van der Waals surface area (Å²) in [5, 5.41) is 11.8. The number of hydrogen-bond donors (Lipinski definition) is 1. The minimum Gasteiger partial charge on any atom is -0.427 e. The summed E-state index contributed by atoms with van der Waals surface area (Å²) >= 11 is 1.19. The van der Waals surface area contributed by atoms with Crippen molar-refractivity contribution >= 4 is 11.3 Å². The number of aromatic nitrogens is 2. The maximum absolute atomic E-state index is 13.4. The first-order valence-electron chi connectivity index (χ1n) is 5.73. The lowest BCUT2D eigenvalue weighted by Crippen LogP contribution is -2.21. The highest BCUT2D eigenvalue weighted by molar-refractivity contribution is 7.13. The third-order valence-corrected chi connectivity index (χ3v) is 3.00. The summed E-state index contributed by atoms with van der Waals surface area (Å²) in [6.07, 6.45) is 0. The van der Waals surface area contributed by atoms with E-state index in [4.69, 9.17) is 4.74 Å². The third-order valence-electron chi connectivity index (χ3n) is 2.20. The molecule has 0 fully saturated rings. The lowest BCUT2D eigenvalue weighted by molar-refractivity contribution is 0.430. The van der Waals surface area contributed by atoms with Crippen LogP contribution in [0.2, 0.25) is 0 Å². The van der Waals surface area contributed by atoms with Crippen molar-refractivity contribution in [2.75, 3.05) is 0 Å². The van der Waals surface area contributed by atoms with Gasteiger partial charge in [0.1, 0.15) is 10.8 Å². The third kappa shape index (κ3) is 3.93. The van der Waals surface area contributed by atoms with Gasteiger partial charge in [-0.05, 0) is 12.1 Å². The van der Waals surface area contributed by atoms with Gasteiger partial charge >= 0.3 is 0 Å². The number of rotatable bonds is 5. The van der Waals surface area contributed by atoms with Crippen molar-refractivity contribution in [2.45, 2.75) is 26.4 Å². The van der Waals surface area contributed by atoms with Gasteiger partial charge < -0.3 is 10.1 Å². The maximum Gasteiger partial charge on any atom is 0.299 e. The molecule has 1 heterocycles. The zero-order chi connectivity index (χ0) is 13.8. The van der Waals surface area contributed by atoms with Gasteiger partial charge in [0, 0.05) is 12.1 Å². The molecule has 2 aromatic rings. The van der Waals surface area contributed by atoms with Crippen molar-refractivity contribution in [2.24, 2.45) is 0 Å². The van der Waals surface area contributed by atoms with Crippen LogP contribution in [0.3, 0.4) is 0 Å². The summed E-state index contributed by atoms with van der Waals surface area (Å²) in [4.78, 5) is 0. The first-order chi connectivity index (χ1) is 9.04. The van der Waals surface area contributed by atoms with Gasteiger partial charge in [-0.15, -0.1) is 5.10 Å². The molecule has 0 aliphatic heterocycles.